The Kier molecular flexibility index (Phi) is 4.40. The summed E-state index contributed by atoms with van der Waals surface area (Å²) >= 11 is 5.75. The van der Waals surface area contributed by atoms with E-state index in [1.54, 1.807) is 24.5 Å². The van der Waals surface area contributed by atoms with Crippen molar-refractivity contribution in [1.29, 1.82) is 0 Å². The molecular formula is C10H13ClN2O. The average Bonchev–Trinajstić information content (AvgIpc) is 2.18. The second-order valence-electron chi connectivity index (χ2n) is 3.06. The van der Waals surface area contributed by atoms with Gasteiger partial charge in [0.1, 0.15) is 0 Å². The summed E-state index contributed by atoms with van der Waals surface area (Å²) in [5.41, 5.74) is 0.627. The zero-order chi connectivity index (χ0) is 10.4. The molecule has 1 aromatic rings. The number of pyridine rings is 1. The third kappa shape index (κ3) is 3.75. The second-order valence-corrected chi connectivity index (χ2v) is 3.81. The highest BCUT2D eigenvalue weighted by atomic mass is 35.5. The van der Waals surface area contributed by atoms with Crippen LogP contribution >= 0.6 is 11.6 Å². The monoisotopic (exact) mass is 212 g/mol. The van der Waals surface area contributed by atoms with Crippen LogP contribution in [0.2, 0.25) is 0 Å². The SMILES string of the molecule is CC(Cl)CCNC(=O)c1ccncc1. The van der Waals surface area contributed by atoms with E-state index < -0.39 is 0 Å². The van der Waals surface area contributed by atoms with Gasteiger partial charge in [-0.25, -0.2) is 0 Å². The molecule has 0 saturated heterocycles. The molecule has 76 valence electrons. The molecule has 0 radical (unpaired) electrons. The van der Waals surface area contributed by atoms with Gasteiger partial charge in [0.2, 0.25) is 0 Å². The Morgan fingerprint density at radius 3 is 2.79 bits per heavy atom. The molecule has 1 amide bonds. The van der Waals surface area contributed by atoms with Crippen LogP contribution in [0.15, 0.2) is 24.5 Å². The number of nitrogens with zero attached hydrogens (tertiary/aromatic N) is 1. The number of carbonyl (C=O) groups excluding carboxylic acids is 1. The molecule has 1 unspecified atom stereocenters. The molecule has 1 aromatic heterocycles. The first-order valence-electron chi connectivity index (χ1n) is 4.52. The number of rotatable bonds is 4. The van der Waals surface area contributed by atoms with Crippen LogP contribution in [0.1, 0.15) is 23.7 Å². The summed E-state index contributed by atoms with van der Waals surface area (Å²) in [4.78, 5) is 15.3. The molecule has 0 spiro atoms. The molecule has 0 bridgehead atoms. The molecule has 14 heavy (non-hydrogen) atoms. The summed E-state index contributed by atoms with van der Waals surface area (Å²) in [6.45, 7) is 2.51. The number of halogens is 1. The molecule has 0 aliphatic heterocycles. The predicted molar refractivity (Wildman–Crippen MR) is 56.5 cm³/mol. The van der Waals surface area contributed by atoms with Gasteiger partial charge < -0.3 is 5.32 Å². The summed E-state index contributed by atoms with van der Waals surface area (Å²) in [5, 5.41) is 2.87. The fourth-order valence-electron chi connectivity index (χ4n) is 0.990. The van der Waals surface area contributed by atoms with Crippen molar-refractivity contribution < 1.29 is 4.79 Å². The number of nitrogens with one attached hydrogen (secondary N) is 1. The van der Waals surface area contributed by atoms with Crippen molar-refractivity contribution in [1.82, 2.24) is 10.3 Å². The number of alkyl halides is 1. The maximum atomic E-state index is 11.4. The zero-order valence-electron chi connectivity index (χ0n) is 8.03. The molecular weight excluding hydrogens is 200 g/mol. The van der Waals surface area contributed by atoms with Gasteiger partial charge in [-0.3, -0.25) is 9.78 Å². The summed E-state index contributed by atoms with van der Waals surface area (Å²) in [7, 11) is 0. The molecule has 0 fully saturated rings. The first-order chi connectivity index (χ1) is 6.70. The van der Waals surface area contributed by atoms with E-state index in [0.717, 1.165) is 6.42 Å². The summed E-state index contributed by atoms with van der Waals surface area (Å²) in [5.74, 6) is -0.0790. The van der Waals surface area contributed by atoms with Crippen LogP contribution in [-0.2, 0) is 0 Å². The van der Waals surface area contributed by atoms with E-state index in [0.29, 0.717) is 12.1 Å². The van der Waals surface area contributed by atoms with Gasteiger partial charge >= 0.3 is 0 Å². The van der Waals surface area contributed by atoms with E-state index in [2.05, 4.69) is 10.3 Å². The van der Waals surface area contributed by atoms with Gasteiger partial charge in [-0.1, -0.05) is 0 Å². The Morgan fingerprint density at radius 2 is 2.21 bits per heavy atom. The zero-order valence-corrected chi connectivity index (χ0v) is 8.79. The lowest BCUT2D eigenvalue weighted by Crippen LogP contribution is -2.25. The van der Waals surface area contributed by atoms with E-state index in [1.165, 1.54) is 0 Å². The number of carbonyl (C=O) groups is 1. The quantitative estimate of drug-likeness (QED) is 0.774. The van der Waals surface area contributed by atoms with Crippen molar-refractivity contribution in [3.63, 3.8) is 0 Å². The number of aromatic nitrogens is 1. The van der Waals surface area contributed by atoms with Crippen LogP contribution in [0.4, 0.5) is 0 Å². The van der Waals surface area contributed by atoms with Crippen LogP contribution in [0.25, 0.3) is 0 Å². The highest BCUT2D eigenvalue weighted by Gasteiger charge is 2.03. The minimum Gasteiger partial charge on any atom is -0.352 e. The number of hydrogen-bond donors (Lipinski definition) is 1. The molecule has 0 aromatic carbocycles. The maximum Gasteiger partial charge on any atom is 0.251 e. The minimum absolute atomic E-state index is 0.0790. The molecule has 0 saturated carbocycles. The van der Waals surface area contributed by atoms with Gasteiger partial charge in [-0.15, -0.1) is 11.6 Å². The first-order valence-corrected chi connectivity index (χ1v) is 4.96. The van der Waals surface area contributed by atoms with Crippen LogP contribution in [0.5, 0.6) is 0 Å². The Labute approximate surface area is 88.5 Å². The Morgan fingerprint density at radius 1 is 1.57 bits per heavy atom. The topological polar surface area (TPSA) is 42.0 Å². The van der Waals surface area contributed by atoms with E-state index in [4.69, 9.17) is 11.6 Å². The lowest BCUT2D eigenvalue weighted by molar-refractivity contribution is 0.0953. The number of hydrogen-bond acceptors (Lipinski definition) is 2. The van der Waals surface area contributed by atoms with Crippen LogP contribution in [0, 0.1) is 0 Å². The van der Waals surface area contributed by atoms with Gasteiger partial charge in [0.05, 0.1) is 0 Å². The Balaban J connectivity index is 2.36. The van der Waals surface area contributed by atoms with E-state index in [9.17, 15) is 4.79 Å². The Hall–Kier alpha value is -1.09. The molecule has 3 nitrogen and oxygen atoms in total. The van der Waals surface area contributed by atoms with Crippen LogP contribution < -0.4 is 5.32 Å². The van der Waals surface area contributed by atoms with Crippen molar-refractivity contribution in [2.45, 2.75) is 18.7 Å². The van der Waals surface area contributed by atoms with E-state index in [1.807, 2.05) is 6.92 Å². The molecule has 4 heteroatoms. The molecule has 1 N–H and O–H groups in total. The van der Waals surface area contributed by atoms with Crippen molar-refractivity contribution in [2.75, 3.05) is 6.54 Å². The number of amides is 1. The van der Waals surface area contributed by atoms with Crippen molar-refractivity contribution in [3.8, 4) is 0 Å². The first kappa shape index (κ1) is 11.0. The Bertz CT molecular complexity index is 287. The third-order valence-corrected chi connectivity index (χ3v) is 1.99. The highest BCUT2D eigenvalue weighted by Crippen LogP contribution is 1.99. The fourth-order valence-corrected chi connectivity index (χ4v) is 1.10. The molecule has 1 heterocycles. The highest BCUT2D eigenvalue weighted by molar-refractivity contribution is 6.20. The van der Waals surface area contributed by atoms with Crippen molar-refractivity contribution in [3.05, 3.63) is 30.1 Å². The summed E-state index contributed by atoms with van der Waals surface area (Å²) in [6.07, 6.45) is 3.97. The van der Waals surface area contributed by atoms with Gasteiger partial charge in [-0.2, -0.15) is 0 Å². The predicted octanol–water partition coefficient (Wildman–Crippen LogP) is 1.83. The van der Waals surface area contributed by atoms with Crippen molar-refractivity contribution >= 4 is 17.5 Å². The molecule has 0 aliphatic rings. The van der Waals surface area contributed by atoms with Crippen molar-refractivity contribution in [2.24, 2.45) is 0 Å². The maximum absolute atomic E-state index is 11.4. The third-order valence-electron chi connectivity index (χ3n) is 1.77. The summed E-state index contributed by atoms with van der Waals surface area (Å²) < 4.78 is 0. The van der Waals surface area contributed by atoms with E-state index in [-0.39, 0.29) is 11.3 Å². The lowest BCUT2D eigenvalue weighted by Gasteiger charge is -2.05. The lowest BCUT2D eigenvalue weighted by atomic mass is 10.2. The van der Waals surface area contributed by atoms with Crippen LogP contribution in [-0.4, -0.2) is 22.8 Å². The van der Waals surface area contributed by atoms with Crippen LogP contribution in [0.3, 0.4) is 0 Å². The fraction of sp³-hybridized carbons (Fsp3) is 0.400. The molecule has 0 aliphatic carbocycles. The second kappa shape index (κ2) is 5.60. The largest absolute Gasteiger partial charge is 0.352 e. The van der Waals surface area contributed by atoms with E-state index >= 15 is 0 Å². The minimum atomic E-state index is -0.0790. The van der Waals surface area contributed by atoms with Gasteiger partial charge in [0.25, 0.3) is 5.91 Å². The van der Waals surface area contributed by atoms with Gasteiger partial charge in [-0.05, 0) is 25.5 Å². The van der Waals surface area contributed by atoms with Gasteiger partial charge in [0.15, 0.2) is 0 Å². The average molecular weight is 213 g/mol. The normalized spacial score (nSPS) is 12.1. The smallest absolute Gasteiger partial charge is 0.251 e. The summed E-state index contributed by atoms with van der Waals surface area (Å²) in [6, 6.07) is 3.36. The molecule has 1 rings (SSSR count). The standard InChI is InChI=1S/C10H13ClN2O/c1-8(11)2-7-13-10(14)9-3-5-12-6-4-9/h3-6,8H,2,7H2,1H3,(H,13,14). The van der Waals surface area contributed by atoms with Gasteiger partial charge in [0, 0.05) is 29.9 Å². The molecule has 1 atom stereocenters.